The highest BCUT2D eigenvalue weighted by atomic mass is 35.5. The fourth-order valence-corrected chi connectivity index (χ4v) is 3.24. The molecule has 4 nitrogen and oxygen atoms in total. The lowest BCUT2D eigenvalue weighted by atomic mass is 9.96. The first kappa shape index (κ1) is 20.7. The maximum Gasteiger partial charge on any atom is 0.220 e. The van der Waals surface area contributed by atoms with E-state index in [1.54, 1.807) is 13.0 Å². The first-order valence-electron chi connectivity index (χ1n) is 8.51. The molecule has 0 unspecified atom stereocenters. The van der Waals surface area contributed by atoms with Crippen molar-refractivity contribution in [3.05, 3.63) is 58.1 Å². The molecule has 0 aromatic heterocycles. The van der Waals surface area contributed by atoms with Crippen molar-refractivity contribution in [2.45, 2.75) is 44.9 Å². The van der Waals surface area contributed by atoms with Gasteiger partial charge in [0.05, 0.1) is 12.1 Å². The van der Waals surface area contributed by atoms with Crippen molar-refractivity contribution < 1.29 is 15.0 Å². The van der Waals surface area contributed by atoms with Gasteiger partial charge in [-0.3, -0.25) is 4.79 Å². The third-order valence-corrected chi connectivity index (χ3v) is 4.62. The van der Waals surface area contributed by atoms with Crippen LogP contribution in [0, 0.1) is 0 Å². The topological polar surface area (TPSA) is 69.6 Å². The maximum absolute atomic E-state index is 11.7. The second-order valence-corrected chi connectivity index (χ2v) is 7.19. The Morgan fingerprint density at radius 1 is 1.04 bits per heavy atom. The Hall–Kier alpha value is -1.59. The molecule has 0 fully saturated rings. The normalized spacial score (nSPS) is 14.5. The third kappa shape index (κ3) is 5.71. The van der Waals surface area contributed by atoms with Gasteiger partial charge in [-0.05, 0) is 48.2 Å². The summed E-state index contributed by atoms with van der Waals surface area (Å²) in [5.41, 5.74) is 2.81. The van der Waals surface area contributed by atoms with E-state index in [2.05, 4.69) is 5.32 Å². The van der Waals surface area contributed by atoms with Gasteiger partial charge in [-0.2, -0.15) is 0 Å². The number of amides is 1. The Morgan fingerprint density at radius 2 is 1.62 bits per heavy atom. The van der Waals surface area contributed by atoms with Crippen LogP contribution in [0.5, 0.6) is 0 Å². The predicted octanol–water partition coefficient (Wildman–Crippen LogP) is 3.84. The van der Waals surface area contributed by atoms with Crippen LogP contribution >= 0.6 is 23.2 Å². The van der Waals surface area contributed by atoms with Gasteiger partial charge in [0.1, 0.15) is 6.10 Å². The third-order valence-electron chi connectivity index (χ3n) is 4.18. The minimum absolute atomic E-state index is 0.167. The van der Waals surface area contributed by atoms with Crippen LogP contribution in [-0.2, 0) is 11.2 Å². The molecule has 0 saturated heterocycles. The smallest absolute Gasteiger partial charge is 0.220 e. The summed E-state index contributed by atoms with van der Waals surface area (Å²) in [6.07, 6.45) is -1.26. The molecule has 2 rings (SSSR count). The summed E-state index contributed by atoms with van der Waals surface area (Å²) in [5.74, 6) is -0.167. The van der Waals surface area contributed by atoms with Crippen LogP contribution in [0.4, 0.5) is 0 Å². The second-order valence-electron chi connectivity index (χ2n) is 6.32. The minimum atomic E-state index is -1.04. The maximum atomic E-state index is 11.7. The van der Waals surface area contributed by atoms with Gasteiger partial charge < -0.3 is 15.5 Å². The van der Waals surface area contributed by atoms with E-state index in [-0.39, 0.29) is 5.91 Å². The van der Waals surface area contributed by atoms with Crippen molar-refractivity contribution in [2.75, 3.05) is 0 Å². The molecule has 0 radical (unpaired) electrons. The van der Waals surface area contributed by atoms with E-state index in [1.807, 2.05) is 36.4 Å². The standard InChI is InChI=1S/C20H23Cl2NO3/c1-3-19(25)23-18(20(26)12(2)24)8-13-4-6-14(7-5-13)15-9-16(21)11-17(22)10-15/h4-7,9-12,18,20,24,26H,3,8H2,1-2H3,(H,23,25)/t12-,18-,20+/m0/s1. The van der Waals surface area contributed by atoms with Crippen molar-refractivity contribution >= 4 is 29.1 Å². The summed E-state index contributed by atoms with van der Waals surface area (Å²) < 4.78 is 0. The fourth-order valence-electron chi connectivity index (χ4n) is 2.71. The van der Waals surface area contributed by atoms with Crippen LogP contribution < -0.4 is 5.32 Å². The molecule has 3 N–H and O–H groups in total. The lowest BCUT2D eigenvalue weighted by Crippen LogP contribution is -2.48. The zero-order valence-electron chi connectivity index (χ0n) is 14.7. The van der Waals surface area contributed by atoms with Crippen molar-refractivity contribution in [3.63, 3.8) is 0 Å². The highest BCUT2D eigenvalue weighted by Crippen LogP contribution is 2.27. The van der Waals surface area contributed by atoms with E-state index in [1.165, 1.54) is 6.92 Å². The van der Waals surface area contributed by atoms with E-state index >= 15 is 0 Å². The molecule has 0 spiro atoms. The summed E-state index contributed by atoms with van der Waals surface area (Å²) in [5, 5.41) is 23.8. The molecule has 0 heterocycles. The molecule has 0 saturated carbocycles. The number of carbonyl (C=O) groups is 1. The Morgan fingerprint density at radius 3 is 2.12 bits per heavy atom. The number of carbonyl (C=O) groups excluding carboxylic acids is 1. The van der Waals surface area contributed by atoms with Crippen LogP contribution in [0.2, 0.25) is 10.0 Å². The Kier molecular flexibility index (Phi) is 7.47. The molecule has 26 heavy (non-hydrogen) atoms. The van der Waals surface area contributed by atoms with Gasteiger partial charge in [0.15, 0.2) is 0 Å². The molecule has 0 aliphatic rings. The summed E-state index contributed by atoms with van der Waals surface area (Å²) in [4.78, 5) is 11.7. The molecule has 0 aliphatic carbocycles. The van der Waals surface area contributed by atoms with Gasteiger partial charge in [-0.15, -0.1) is 0 Å². The molecule has 0 aliphatic heterocycles. The van der Waals surface area contributed by atoms with Crippen molar-refractivity contribution in [3.8, 4) is 11.1 Å². The first-order chi connectivity index (χ1) is 12.3. The first-order valence-corrected chi connectivity index (χ1v) is 9.26. The van der Waals surface area contributed by atoms with Gasteiger partial charge >= 0.3 is 0 Å². The number of halogens is 2. The number of benzene rings is 2. The van der Waals surface area contributed by atoms with Gasteiger partial charge in [-0.25, -0.2) is 0 Å². The molecule has 0 bridgehead atoms. The minimum Gasteiger partial charge on any atom is -0.391 e. The van der Waals surface area contributed by atoms with Gasteiger partial charge in [0.25, 0.3) is 0 Å². The summed E-state index contributed by atoms with van der Waals surface area (Å²) in [7, 11) is 0. The number of rotatable bonds is 7. The number of hydrogen-bond acceptors (Lipinski definition) is 3. The average molecular weight is 396 g/mol. The summed E-state index contributed by atoms with van der Waals surface area (Å²) >= 11 is 12.1. The summed E-state index contributed by atoms with van der Waals surface area (Å²) in [6.45, 7) is 3.24. The monoisotopic (exact) mass is 395 g/mol. The molecule has 140 valence electrons. The van der Waals surface area contributed by atoms with E-state index in [9.17, 15) is 15.0 Å². The van der Waals surface area contributed by atoms with Crippen LogP contribution in [0.25, 0.3) is 11.1 Å². The highest BCUT2D eigenvalue weighted by molar-refractivity contribution is 6.35. The average Bonchev–Trinajstić information content (AvgIpc) is 2.60. The number of nitrogens with one attached hydrogen (secondary N) is 1. The quantitative estimate of drug-likeness (QED) is 0.666. The van der Waals surface area contributed by atoms with Crippen LogP contribution in [-0.4, -0.2) is 34.4 Å². The zero-order valence-corrected chi connectivity index (χ0v) is 16.3. The van der Waals surface area contributed by atoms with Gasteiger partial charge in [-0.1, -0.05) is 54.4 Å². The van der Waals surface area contributed by atoms with Crippen LogP contribution in [0.1, 0.15) is 25.8 Å². The number of hydrogen-bond donors (Lipinski definition) is 3. The SMILES string of the molecule is CCC(=O)N[C@@H](Cc1ccc(-c2cc(Cl)cc(Cl)c2)cc1)[C@H](O)[C@H](C)O. The zero-order chi connectivity index (χ0) is 19.3. The molecule has 2 aromatic rings. The second kappa shape index (κ2) is 9.38. The van der Waals surface area contributed by atoms with Crippen molar-refractivity contribution in [1.82, 2.24) is 5.32 Å². The molecule has 3 atom stereocenters. The van der Waals surface area contributed by atoms with E-state index in [0.717, 1.165) is 16.7 Å². The summed E-state index contributed by atoms with van der Waals surface area (Å²) in [6, 6.07) is 12.5. The molecule has 1 amide bonds. The Bertz CT molecular complexity index is 727. The van der Waals surface area contributed by atoms with E-state index < -0.39 is 18.2 Å². The predicted molar refractivity (Wildman–Crippen MR) is 106 cm³/mol. The Labute approximate surface area is 163 Å². The number of aliphatic hydroxyl groups is 2. The lowest BCUT2D eigenvalue weighted by Gasteiger charge is -2.26. The largest absolute Gasteiger partial charge is 0.391 e. The molecule has 2 aromatic carbocycles. The lowest BCUT2D eigenvalue weighted by molar-refractivity contribution is -0.123. The molecule has 6 heteroatoms. The van der Waals surface area contributed by atoms with E-state index in [4.69, 9.17) is 23.2 Å². The van der Waals surface area contributed by atoms with Crippen LogP contribution in [0.3, 0.4) is 0 Å². The highest BCUT2D eigenvalue weighted by Gasteiger charge is 2.25. The van der Waals surface area contributed by atoms with Crippen LogP contribution in [0.15, 0.2) is 42.5 Å². The van der Waals surface area contributed by atoms with Gasteiger partial charge in [0, 0.05) is 16.5 Å². The molecular weight excluding hydrogens is 373 g/mol. The number of aliphatic hydroxyl groups excluding tert-OH is 2. The fraction of sp³-hybridized carbons (Fsp3) is 0.350. The van der Waals surface area contributed by atoms with Crippen molar-refractivity contribution in [2.24, 2.45) is 0 Å². The van der Waals surface area contributed by atoms with Gasteiger partial charge in [0.2, 0.25) is 5.91 Å². The van der Waals surface area contributed by atoms with E-state index in [0.29, 0.717) is 22.9 Å². The molecular formula is C20H23Cl2NO3. The Balaban J connectivity index is 2.18. The van der Waals surface area contributed by atoms with Crippen molar-refractivity contribution in [1.29, 1.82) is 0 Å².